The van der Waals surface area contributed by atoms with Crippen molar-refractivity contribution < 1.29 is 4.79 Å². The first-order valence-corrected chi connectivity index (χ1v) is 7.16. The summed E-state index contributed by atoms with van der Waals surface area (Å²) in [4.78, 5) is 19.5. The minimum Gasteiger partial charge on any atom is -0.300 e. The zero-order chi connectivity index (χ0) is 11.8. The fourth-order valence-corrected chi connectivity index (χ4v) is 3.59. The number of nitrogens with zero attached hydrogens (tertiary/aromatic N) is 2. The van der Waals surface area contributed by atoms with Gasteiger partial charge in [-0.1, -0.05) is 26.2 Å². The largest absolute Gasteiger partial charge is 0.300 e. The van der Waals surface area contributed by atoms with Crippen LogP contribution in [0.2, 0.25) is 0 Å². The molecule has 3 rings (SSSR count). The van der Waals surface area contributed by atoms with Crippen LogP contribution < -0.4 is 0 Å². The van der Waals surface area contributed by atoms with Crippen molar-refractivity contribution in [1.29, 1.82) is 0 Å². The molecule has 3 atom stereocenters. The summed E-state index contributed by atoms with van der Waals surface area (Å²) < 4.78 is 0. The molecule has 2 aliphatic heterocycles. The van der Waals surface area contributed by atoms with Gasteiger partial charge >= 0.3 is 0 Å². The molecule has 0 aromatic heterocycles. The summed E-state index contributed by atoms with van der Waals surface area (Å²) in [6.07, 6.45) is 8.26. The van der Waals surface area contributed by atoms with Crippen LogP contribution in [0.3, 0.4) is 0 Å². The summed E-state index contributed by atoms with van der Waals surface area (Å²) in [6, 6.07) is 0.303. The Labute approximate surface area is 103 Å². The highest BCUT2D eigenvalue weighted by Gasteiger charge is 2.41. The zero-order valence-electron chi connectivity index (χ0n) is 10.7. The molecular weight excluding hydrogens is 212 g/mol. The van der Waals surface area contributed by atoms with E-state index in [1.165, 1.54) is 25.7 Å². The van der Waals surface area contributed by atoms with Crippen LogP contribution in [-0.2, 0) is 4.79 Å². The normalized spacial score (nSPS) is 37.9. The Morgan fingerprint density at radius 3 is 2.82 bits per heavy atom. The average molecular weight is 234 g/mol. The van der Waals surface area contributed by atoms with E-state index in [2.05, 4.69) is 6.92 Å². The first-order chi connectivity index (χ1) is 8.27. The molecule has 3 heteroatoms. The summed E-state index contributed by atoms with van der Waals surface area (Å²) in [5, 5.41) is 0. The summed E-state index contributed by atoms with van der Waals surface area (Å²) in [5.74, 6) is 2.17. The third-order valence-corrected chi connectivity index (χ3v) is 4.60. The Kier molecular flexibility index (Phi) is 2.93. The van der Waals surface area contributed by atoms with Crippen LogP contribution in [0.25, 0.3) is 0 Å². The van der Waals surface area contributed by atoms with Gasteiger partial charge in [-0.15, -0.1) is 0 Å². The van der Waals surface area contributed by atoms with Crippen LogP contribution in [0, 0.1) is 11.8 Å². The molecule has 1 amide bonds. The van der Waals surface area contributed by atoms with E-state index in [1.54, 1.807) is 0 Å². The fourth-order valence-electron chi connectivity index (χ4n) is 3.59. The second-order valence-corrected chi connectivity index (χ2v) is 5.83. The van der Waals surface area contributed by atoms with E-state index >= 15 is 0 Å². The second-order valence-electron chi connectivity index (χ2n) is 5.83. The van der Waals surface area contributed by atoms with Crippen LogP contribution in [0.15, 0.2) is 4.99 Å². The van der Waals surface area contributed by atoms with E-state index < -0.39 is 0 Å². The van der Waals surface area contributed by atoms with Crippen molar-refractivity contribution in [3.05, 3.63) is 0 Å². The summed E-state index contributed by atoms with van der Waals surface area (Å²) in [6.45, 7) is 3.13. The first-order valence-electron chi connectivity index (χ1n) is 7.16. The number of piperidine rings is 1. The topological polar surface area (TPSA) is 32.7 Å². The van der Waals surface area contributed by atoms with Crippen LogP contribution in [-0.4, -0.2) is 29.2 Å². The van der Waals surface area contributed by atoms with E-state index in [9.17, 15) is 4.79 Å². The van der Waals surface area contributed by atoms with Gasteiger partial charge in [0.05, 0.1) is 12.0 Å². The molecule has 0 bridgehead atoms. The molecule has 1 aliphatic carbocycles. The number of hydrogen-bond acceptors (Lipinski definition) is 2. The van der Waals surface area contributed by atoms with E-state index in [0.29, 0.717) is 17.9 Å². The molecule has 1 saturated heterocycles. The van der Waals surface area contributed by atoms with Gasteiger partial charge in [-0.05, 0) is 25.7 Å². The smallest absolute Gasteiger partial charge is 0.233 e. The number of aliphatic imine (C=N–C) groups is 1. The van der Waals surface area contributed by atoms with Gasteiger partial charge in [0.1, 0.15) is 5.84 Å². The minimum absolute atomic E-state index is 0.201. The number of fused-ring (bicyclic) bond motifs is 2. The molecular formula is C14H22N2O. The van der Waals surface area contributed by atoms with Gasteiger partial charge in [-0.3, -0.25) is 9.79 Å². The summed E-state index contributed by atoms with van der Waals surface area (Å²) in [5.41, 5.74) is 0. The van der Waals surface area contributed by atoms with Crippen molar-refractivity contribution in [3.63, 3.8) is 0 Å². The lowest BCUT2D eigenvalue weighted by atomic mass is 9.88. The molecule has 17 heavy (non-hydrogen) atoms. The van der Waals surface area contributed by atoms with Gasteiger partial charge in [0, 0.05) is 12.5 Å². The quantitative estimate of drug-likeness (QED) is 0.634. The fraction of sp³-hybridized carbons (Fsp3) is 0.857. The van der Waals surface area contributed by atoms with Crippen molar-refractivity contribution >= 4 is 11.7 Å². The van der Waals surface area contributed by atoms with Crippen molar-refractivity contribution in [2.75, 3.05) is 6.54 Å². The van der Waals surface area contributed by atoms with Crippen molar-refractivity contribution in [3.8, 4) is 0 Å². The lowest BCUT2D eigenvalue weighted by Crippen LogP contribution is -2.53. The number of hydrogen-bond donors (Lipinski definition) is 0. The minimum atomic E-state index is 0.201. The Morgan fingerprint density at radius 1 is 1.12 bits per heavy atom. The molecule has 2 heterocycles. The number of rotatable bonds is 0. The highest BCUT2D eigenvalue weighted by molar-refractivity contribution is 6.02. The molecule has 0 spiro atoms. The van der Waals surface area contributed by atoms with Crippen molar-refractivity contribution in [2.45, 2.75) is 57.9 Å². The molecule has 3 unspecified atom stereocenters. The number of amidine groups is 1. The van der Waals surface area contributed by atoms with Crippen LogP contribution in [0.4, 0.5) is 0 Å². The monoisotopic (exact) mass is 234 g/mol. The zero-order valence-corrected chi connectivity index (χ0v) is 10.7. The Hall–Kier alpha value is -0.860. The maximum absolute atomic E-state index is 12.5. The molecule has 0 aromatic rings. The molecule has 94 valence electrons. The van der Waals surface area contributed by atoms with Crippen molar-refractivity contribution in [2.24, 2.45) is 16.8 Å². The van der Waals surface area contributed by atoms with Crippen LogP contribution in [0.1, 0.15) is 51.9 Å². The number of carbonyl (C=O) groups is 1. The highest BCUT2D eigenvalue weighted by atomic mass is 16.2. The predicted octanol–water partition coefficient (Wildman–Crippen LogP) is 2.61. The predicted molar refractivity (Wildman–Crippen MR) is 67.9 cm³/mol. The van der Waals surface area contributed by atoms with Gasteiger partial charge < -0.3 is 4.90 Å². The SMILES string of the molecule is CC1CCCN2C(=O)C3CCCCCC3N=C12. The van der Waals surface area contributed by atoms with E-state index in [1.807, 2.05) is 4.90 Å². The van der Waals surface area contributed by atoms with E-state index in [4.69, 9.17) is 4.99 Å². The van der Waals surface area contributed by atoms with Gasteiger partial charge in [-0.25, -0.2) is 0 Å². The number of carbonyl (C=O) groups excluding carboxylic acids is 1. The number of amides is 1. The van der Waals surface area contributed by atoms with Gasteiger partial charge in [0.2, 0.25) is 5.91 Å². The molecule has 1 saturated carbocycles. The summed E-state index contributed by atoms with van der Waals surface area (Å²) in [7, 11) is 0. The molecule has 0 radical (unpaired) electrons. The van der Waals surface area contributed by atoms with Gasteiger partial charge in [0.25, 0.3) is 0 Å². The average Bonchev–Trinajstić information content (AvgIpc) is 2.56. The van der Waals surface area contributed by atoms with E-state index in [0.717, 1.165) is 31.6 Å². The standard InChI is InChI=1S/C14H22N2O/c1-10-6-5-9-16-13(10)15-12-8-4-2-3-7-11(12)14(16)17/h10-12H,2-9H2,1H3. The first kappa shape index (κ1) is 11.2. The Morgan fingerprint density at radius 2 is 1.94 bits per heavy atom. The van der Waals surface area contributed by atoms with Gasteiger partial charge in [-0.2, -0.15) is 0 Å². The lowest BCUT2D eigenvalue weighted by Gasteiger charge is -2.40. The third-order valence-electron chi connectivity index (χ3n) is 4.60. The molecule has 0 aromatic carbocycles. The third kappa shape index (κ3) is 1.90. The Balaban J connectivity index is 1.92. The van der Waals surface area contributed by atoms with Crippen molar-refractivity contribution in [1.82, 2.24) is 4.90 Å². The maximum atomic E-state index is 12.5. The lowest BCUT2D eigenvalue weighted by molar-refractivity contribution is -0.134. The van der Waals surface area contributed by atoms with Crippen LogP contribution in [0.5, 0.6) is 0 Å². The highest BCUT2D eigenvalue weighted by Crippen LogP contribution is 2.34. The molecule has 3 aliphatic rings. The van der Waals surface area contributed by atoms with Crippen LogP contribution >= 0.6 is 0 Å². The molecule has 2 fully saturated rings. The van der Waals surface area contributed by atoms with E-state index in [-0.39, 0.29) is 5.92 Å². The maximum Gasteiger partial charge on any atom is 0.233 e. The molecule has 0 N–H and O–H groups in total. The van der Waals surface area contributed by atoms with Gasteiger partial charge in [0.15, 0.2) is 0 Å². The summed E-state index contributed by atoms with van der Waals surface area (Å²) >= 11 is 0. The second kappa shape index (κ2) is 4.43. The Bertz CT molecular complexity index is 350. The molecule has 3 nitrogen and oxygen atoms in total.